The van der Waals surface area contributed by atoms with E-state index in [1.54, 1.807) is 36.4 Å². The predicted molar refractivity (Wildman–Crippen MR) is 90.1 cm³/mol. The van der Waals surface area contributed by atoms with Crippen LogP contribution in [-0.4, -0.2) is 23.6 Å². The van der Waals surface area contributed by atoms with Crippen LogP contribution in [0.4, 0.5) is 10.1 Å². The molecule has 1 aliphatic rings. The maximum atomic E-state index is 13.0. The first kappa shape index (κ1) is 17.0. The lowest BCUT2D eigenvalue weighted by atomic mass is 9.69. The maximum absolute atomic E-state index is 13.0. The third-order valence-corrected chi connectivity index (χ3v) is 4.37. The Morgan fingerprint density at radius 2 is 1.92 bits per heavy atom. The first-order chi connectivity index (χ1) is 12.0. The van der Waals surface area contributed by atoms with Crippen molar-refractivity contribution in [3.8, 4) is 5.75 Å². The number of carboxylic acids is 1. The summed E-state index contributed by atoms with van der Waals surface area (Å²) < 4.78 is 18.1. The summed E-state index contributed by atoms with van der Waals surface area (Å²) in [6.45, 7) is -0.438. The Hall–Kier alpha value is -2.89. The number of halogens is 1. The molecule has 2 unspecified atom stereocenters. The van der Waals surface area contributed by atoms with Crippen LogP contribution in [0.25, 0.3) is 0 Å². The van der Waals surface area contributed by atoms with E-state index in [9.17, 15) is 14.0 Å². The van der Waals surface area contributed by atoms with Crippen molar-refractivity contribution in [2.24, 2.45) is 5.92 Å². The molecule has 0 saturated heterocycles. The van der Waals surface area contributed by atoms with Gasteiger partial charge in [-0.25, -0.2) is 9.18 Å². The van der Waals surface area contributed by atoms with Crippen LogP contribution in [0, 0.1) is 11.7 Å². The number of nitrogens with one attached hydrogen (secondary N) is 1. The van der Waals surface area contributed by atoms with Crippen molar-refractivity contribution in [1.82, 2.24) is 0 Å². The van der Waals surface area contributed by atoms with Crippen molar-refractivity contribution < 1.29 is 23.8 Å². The van der Waals surface area contributed by atoms with Crippen molar-refractivity contribution in [3.63, 3.8) is 0 Å². The minimum Gasteiger partial charge on any atom is -0.482 e. The van der Waals surface area contributed by atoms with E-state index in [0.29, 0.717) is 11.4 Å². The van der Waals surface area contributed by atoms with Crippen molar-refractivity contribution in [2.75, 3.05) is 11.9 Å². The average Bonchev–Trinajstić information content (AvgIpc) is 2.54. The van der Waals surface area contributed by atoms with Crippen LogP contribution in [0.5, 0.6) is 5.75 Å². The normalized spacial score (nSPS) is 18.9. The maximum Gasteiger partial charge on any atom is 0.341 e. The Kier molecular flexibility index (Phi) is 4.97. The van der Waals surface area contributed by atoms with Crippen LogP contribution in [-0.2, 0) is 9.59 Å². The molecule has 0 spiro atoms. The van der Waals surface area contributed by atoms with Crippen molar-refractivity contribution in [2.45, 2.75) is 18.8 Å². The van der Waals surface area contributed by atoms with Crippen molar-refractivity contribution in [3.05, 3.63) is 59.9 Å². The molecule has 0 aromatic heterocycles. The molecule has 1 amide bonds. The number of ether oxygens (including phenoxy) is 1. The van der Waals surface area contributed by atoms with Gasteiger partial charge >= 0.3 is 5.97 Å². The standard InChI is InChI=1S/C19H18FNO4/c20-13-6-4-12(5-7-13)16-8-9-17(16)19(24)21-14-2-1-3-15(10-14)25-11-18(22)23/h1-7,10,16-17H,8-9,11H2,(H,21,24)(H,22,23). The summed E-state index contributed by atoms with van der Waals surface area (Å²) in [7, 11) is 0. The van der Waals surface area contributed by atoms with Crippen LogP contribution in [0.2, 0.25) is 0 Å². The molecule has 2 atom stereocenters. The fraction of sp³-hybridized carbons (Fsp3) is 0.263. The molecule has 0 aliphatic heterocycles. The molecule has 2 aromatic carbocycles. The number of rotatable bonds is 6. The molecule has 3 rings (SSSR count). The van der Waals surface area contributed by atoms with Crippen LogP contribution < -0.4 is 10.1 Å². The Bertz CT molecular complexity index is 775. The quantitative estimate of drug-likeness (QED) is 0.843. The van der Waals surface area contributed by atoms with Gasteiger partial charge in [0.2, 0.25) is 5.91 Å². The molecule has 0 bridgehead atoms. The van der Waals surface area contributed by atoms with Crippen molar-refractivity contribution >= 4 is 17.6 Å². The number of carbonyl (C=O) groups is 2. The summed E-state index contributed by atoms with van der Waals surface area (Å²) in [5.74, 6) is -1.14. The van der Waals surface area contributed by atoms with E-state index in [-0.39, 0.29) is 23.6 Å². The molecule has 2 N–H and O–H groups in total. The zero-order valence-electron chi connectivity index (χ0n) is 13.4. The van der Waals surface area contributed by atoms with Crippen LogP contribution in [0.1, 0.15) is 24.3 Å². The van der Waals surface area contributed by atoms with E-state index in [1.165, 1.54) is 12.1 Å². The van der Waals surface area contributed by atoms with Gasteiger partial charge in [0.05, 0.1) is 0 Å². The number of hydrogen-bond acceptors (Lipinski definition) is 3. The molecule has 1 saturated carbocycles. The molecule has 1 fully saturated rings. The smallest absolute Gasteiger partial charge is 0.341 e. The molecule has 6 heteroatoms. The van der Waals surface area contributed by atoms with Crippen LogP contribution >= 0.6 is 0 Å². The monoisotopic (exact) mass is 343 g/mol. The number of carboxylic acid groups (broad SMARTS) is 1. The molecular weight excluding hydrogens is 325 g/mol. The first-order valence-electron chi connectivity index (χ1n) is 8.04. The second kappa shape index (κ2) is 7.34. The van der Waals surface area contributed by atoms with Crippen molar-refractivity contribution in [1.29, 1.82) is 0 Å². The third-order valence-electron chi connectivity index (χ3n) is 4.37. The highest BCUT2D eigenvalue weighted by atomic mass is 19.1. The van der Waals surface area contributed by atoms with E-state index in [2.05, 4.69) is 5.32 Å². The van der Waals surface area contributed by atoms with Crippen LogP contribution in [0.3, 0.4) is 0 Å². The number of hydrogen-bond donors (Lipinski definition) is 2. The minimum atomic E-state index is -1.06. The molecule has 0 radical (unpaired) electrons. The Labute approximate surface area is 144 Å². The molecular formula is C19H18FNO4. The summed E-state index contributed by atoms with van der Waals surface area (Å²) in [5.41, 5.74) is 1.52. The fourth-order valence-corrected chi connectivity index (χ4v) is 2.97. The lowest BCUT2D eigenvalue weighted by molar-refractivity contribution is -0.139. The van der Waals surface area contributed by atoms with E-state index in [1.807, 2.05) is 0 Å². The molecule has 5 nitrogen and oxygen atoms in total. The van der Waals surface area contributed by atoms with Gasteiger partial charge in [0.15, 0.2) is 6.61 Å². The van der Waals surface area contributed by atoms with E-state index in [4.69, 9.17) is 9.84 Å². The van der Waals surface area contributed by atoms with Gasteiger partial charge in [0, 0.05) is 17.7 Å². The van der Waals surface area contributed by atoms with Gasteiger partial charge < -0.3 is 15.2 Å². The SMILES string of the molecule is O=C(O)COc1cccc(NC(=O)C2CCC2c2ccc(F)cc2)c1. The number of amides is 1. The van der Waals surface area contributed by atoms with E-state index in [0.717, 1.165) is 18.4 Å². The van der Waals surface area contributed by atoms with E-state index >= 15 is 0 Å². The predicted octanol–water partition coefficient (Wildman–Crippen LogP) is 3.42. The Morgan fingerprint density at radius 3 is 2.56 bits per heavy atom. The van der Waals surface area contributed by atoms with Gasteiger partial charge in [-0.3, -0.25) is 4.79 Å². The van der Waals surface area contributed by atoms with Crippen LogP contribution in [0.15, 0.2) is 48.5 Å². The van der Waals surface area contributed by atoms with Gasteiger partial charge in [-0.15, -0.1) is 0 Å². The number of anilines is 1. The van der Waals surface area contributed by atoms with Gasteiger partial charge in [0.25, 0.3) is 0 Å². The lowest BCUT2D eigenvalue weighted by Gasteiger charge is -2.35. The highest BCUT2D eigenvalue weighted by Gasteiger charge is 2.37. The zero-order valence-corrected chi connectivity index (χ0v) is 13.4. The second-order valence-corrected chi connectivity index (χ2v) is 6.04. The number of aliphatic carboxylic acids is 1. The minimum absolute atomic E-state index is 0.0899. The van der Waals surface area contributed by atoms with Gasteiger partial charge in [-0.2, -0.15) is 0 Å². The molecule has 25 heavy (non-hydrogen) atoms. The van der Waals surface area contributed by atoms with Gasteiger partial charge in [-0.05, 0) is 48.6 Å². The Morgan fingerprint density at radius 1 is 1.16 bits per heavy atom. The lowest BCUT2D eigenvalue weighted by Crippen LogP contribution is -2.35. The summed E-state index contributed by atoms with van der Waals surface area (Å²) in [6.07, 6.45) is 1.68. The molecule has 1 aliphatic carbocycles. The van der Waals surface area contributed by atoms with Gasteiger partial charge in [-0.1, -0.05) is 18.2 Å². The highest BCUT2D eigenvalue weighted by molar-refractivity contribution is 5.94. The summed E-state index contributed by atoms with van der Waals surface area (Å²) >= 11 is 0. The summed E-state index contributed by atoms with van der Waals surface area (Å²) in [5, 5.41) is 11.5. The summed E-state index contributed by atoms with van der Waals surface area (Å²) in [4.78, 5) is 23.0. The second-order valence-electron chi connectivity index (χ2n) is 6.04. The van der Waals surface area contributed by atoms with E-state index < -0.39 is 12.6 Å². The largest absolute Gasteiger partial charge is 0.482 e. The first-order valence-corrected chi connectivity index (χ1v) is 8.04. The highest BCUT2D eigenvalue weighted by Crippen LogP contribution is 2.43. The number of carbonyl (C=O) groups excluding carboxylic acids is 1. The topological polar surface area (TPSA) is 75.6 Å². The summed E-state index contributed by atoms with van der Waals surface area (Å²) in [6, 6.07) is 12.9. The molecule has 130 valence electrons. The third kappa shape index (κ3) is 4.15. The fourth-order valence-electron chi connectivity index (χ4n) is 2.97. The van der Waals surface area contributed by atoms with Gasteiger partial charge in [0.1, 0.15) is 11.6 Å². The molecule has 0 heterocycles. The zero-order chi connectivity index (χ0) is 17.8. The average molecular weight is 343 g/mol. The molecule has 2 aromatic rings. The number of benzene rings is 2. The Balaban J connectivity index is 1.63.